The summed E-state index contributed by atoms with van der Waals surface area (Å²) in [6.07, 6.45) is 6.39. The Bertz CT molecular complexity index is 724. The Morgan fingerprint density at radius 2 is 2.17 bits per heavy atom. The summed E-state index contributed by atoms with van der Waals surface area (Å²) < 4.78 is 17.1. The number of nitrogens with zero attached hydrogens (tertiary/aromatic N) is 3. The van der Waals surface area contributed by atoms with Crippen molar-refractivity contribution >= 4 is 5.91 Å². The van der Waals surface area contributed by atoms with Crippen LogP contribution in [0, 0.1) is 6.92 Å². The Labute approximate surface area is 139 Å². The molecule has 1 spiro atoms. The second-order valence-electron chi connectivity index (χ2n) is 6.39. The zero-order chi connectivity index (χ0) is 16.6. The Morgan fingerprint density at radius 3 is 2.88 bits per heavy atom. The zero-order valence-electron chi connectivity index (χ0n) is 13.5. The van der Waals surface area contributed by atoms with Crippen molar-refractivity contribution < 1.29 is 18.7 Å². The fraction of sp³-hybridized carbons (Fsp3) is 0.471. The average Bonchev–Trinajstić information content (AvgIpc) is 2.99. The van der Waals surface area contributed by atoms with Crippen LogP contribution >= 0.6 is 0 Å². The number of likely N-dealkylation sites (tertiary alicyclic amines) is 1. The molecular weight excluding hydrogens is 310 g/mol. The van der Waals surface area contributed by atoms with Gasteiger partial charge >= 0.3 is 6.01 Å². The lowest BCUT2D eigenvalue weighted by Gasteiger charge is -2.52. The molecule has 0 aromatic carbocycles. The van der Waals surface area contributed by atoms with Crippen LogP contribution in [-0.4, -0.2) is 52.2 Å². The number of aryl methyl sites for hydroxylation is 1. The third-order valence-electron chi connectivity index (χ3n) is 4.56. The Morgan fingerprint density at radius 1 is 1.38 bits per heavy atom. The Balaban J connectivity index is 1.37. The standard InChI is InChI=1S/C17H19N3O4/c1-12-3-7-22-14(12)15(21)20-10-17(11-20)9-13(4-8-23-17)24-16-18-5-2-6-19-16/h2-3,5-7,13H,4,8-11H2,1H3. The van der Waals surface area contributed by atoms with Crippen LogP contribution in [0.2, 0.25) is 0 Å². The van der Waals surface area contributed by atoms with Crippen molar-refractivity contribution in [1.82, 2.24) is 14.9 Å². The predicted molar refractivity (Wildman–Crippen MR) is 83.7 cm³/mol. The van der Waals surface area contributed by atoms with Crippen molar-refractivity contribution in [2.24, 2.45) is 0 Å². The first kappa shape index (κ1) is 15.1. The Hall–Kier alpha value is -2.41. The van der Waals surface area contributed by atoms with Gasteiger partial charge in [-0.15, -0.1) is 0 Å². The molecule has 0 aliphatic carbocycles. The van der Waals surface area contributed by atoms with E-state index in [9.17, 15) is 4.79 Å². The maximum Gasteiger partial charge on any atom is 0.316 e. The van der Waals surface area contributed by atoms with E-state index in [2.05, 4.69) is 9.97 Å². The summed E-state index contributed by atoms with van der Waals surface area (Å²) in [6, 6.07) is 3.94. The van der Waals surface area contributed by atoms with E-state index in [-0.39, 0.29) is 17.6 Å². The molecule has 0 bridgehead atoms. The monoisotopic (exact) mass is 329 g/mol. The van der Waals surface area contributed by atoms with Crippen LogP contribution in [0.1, 0.15) is 29.0 Å². The molecule has 2 aliphatic rings. The van der Waals surface area contributed by atoms with Crippen molar-refractivity contribution in [2.75, 3.05) is 19.7 Å². The largest absolute Gasteiger partial charge is 0.460 e. The number of aromatic nitrogens is 2. The topological polar surface area (TPSA) is 77.7 Å². The van der Waals surface area contributed by atoms with Gasteiger partial charge in [0, 0.05) is 30.8 Å². The van der Waals surface area contributed by atoms with E-state index in [0.29, 0.717) is 31.5 Å². The number of hydrogen-bond acceptors (Lipinski definition) is 6. The lowest BCUT2D eigenvalue weighted by Crippen LogP contribution is -2.67. The van der Waals surface area contributed by atoms with Gasteiger partial charge in [-0.25, -0.2) is 9.97 Å². The minimum absolute atomic E-state index is 0.00347. The Kier molecular flexibility index (Phi) is 3.72. The van der Waals surface area contributed by atoms with Crippen molar-refractivity contribution in [3.05, 3.63) is 42.1 Å². The molecule has 1 amide bonds. The van der Waals surface area contributed by atoms with E-state index in [4.69, 9.17) is 13.9 Å². The lowest BCUT2D eigenvalue weighted by molar-refractivity contribution is -0.174. The minimum atomic E-state index is -0.326. The number of ether oxygens (including phenoxy) is 2. The van der Waals surface area contributed by atoms with E-state index in [1.807, 2.05) is 6.92 Å². The molecular formula is C17H19N3O4. The van der Waals surface area contributed by atoms with Crippen molar-refractivity contribution in [3.63, 3.8) is 0 Å². The second-order valence-corrected chi connectivity index (χ2v) is 6.39. The molecule has 1 unspecified atom stereocenters. The third kappa shape index (κ3) is 2.75. The molecule has 2 aromatic rings. The van der Waals surface area contributed by atoms with E-state index < -0.39 is 0 Å². The highest BCUT2D eigenvalue weighted by molar-refractivity contribution is 5.93. The van der Waals surface area contributed by atoms with Crippen LogP contribution in [0.4, 0.5) is 0 Å². The van der Waals surface area contributed by atoms with E-state index in [0.717, 1.165) is 18.4 Å². The molecule has 0 radical (unpaired) electrons. The first-order valence-electron chi connectivity index (χ1n) is 8.06. The van der Waals surface area contributed by atoms with Crippen molar-refractivity contribution in [1.29, 1.82) is 0 Å². The van der Waals surface area contributed by atoms with Gasteiger partial charge in [-0.1, -0.05) is 0 Å². The summed E-state index contributed by atoms with van der Waals surface area (Å²) in [5, 5.41) is 0. The number of hydrogen-bond donors (Lipinski definition) is 0. The van der Waals surface area contributed by atoms with Crippen LogP contribution in [0.3, 0.4) is 0 Å². The highest BCUT2D eigenvalue weighted by atomic mass is 16.5. The van der Waals surface area contributed by atoms with Crippen LogP contribution in [0.25, 0.3) is 0 Å². The molecule has 1 atom stereocenters. The first-order valence-corrected chi connectivity index (χ1v) is 8.06. The molecule has 2 saturated heterocycles. The molecule has 4 rings (SSSR count). The maximum absolute atomic E-state index is 12.4. The molecule has 4 heterocycles. The smallest absolute Gasteiger partial charge is 0.316 e. The molecule has 2 aliphatic heterocycles. The number of carbonyl (C=O) groups excluding carboxylic acids is 1. The summed E-state index contributed by atoms with van der Waals surface area (Å²) in [5.41, 5.74) is 0.529. The van der Waals surface area contributed by atoms with E-state index in [1.54, 1.807) is 35.7 Å². The van der Waals surface area contributed by atoms with E-state index in [1.165, 1.54) is 0 Å². The highest BCUT2D eigenvalue weighted by Gasteiger charge is 2.50. The quantitative estimate of drug-likeness (QED) is 0.855. The van der Waals surface area contributed by atoms with Gasteiger partial charge in [0.15, 0.2) is 5.76 Å². The van der Waals surface area contributed by atoms with Gasteiger partial charge in [0.05, 0.1) is 26.0 Å². The van der Waals surface area contributed by atoms with E-state index >= 15 is 0 Å². The summed E-state index contributed by atoms with van der Waals surface area (Å²) in [4.78, 5) is 22.4. The number of furan rings is 1. The van der Waals surface area contributed by atoms with Crippen LogP contribution in [-0.2, 0) is 4.74 Å². The van der Waals surface area contributed by atoms with Crippen molar-refractivity contribution in [3.8, 4) is 6.01 Å². The van der Waals surface area contributed by atoms with Gasteiger partial charge in [0.2, 0.25) is 0 Å². The minimum Gasteiger partial charge on any atom is -0.460 e. The molecule has 24 heavy (non-hydrogen) atoms. The second kappa shape index (κ2) is 5.90. The van der Waals surface area contributed by atoms with Gasteiger partial charge in [-0.2, -0.15) is 0 Å². The number of amides is 1. The predicted octanol–water partition coefficient (Wildman–Crippen LogP) is 1.83. The molecule has 2 fully saturated rings. The molecule has 0 saturated carbocycles. The summed E-state index contributed by atoms with van der Waals surface area (Å²) in [7, 11) is 0. The SMILES string of the molecule is Cc1ccoc1C(=O)N1CC2(CC(Oc3ncccn3)CCO2)C1. The highest BCUT2D eigenvalue weighted by Crippen LogP contribution is 2.36. The molecule has 0 N–H and O–H groups in total. The molecule has 126 valence electrons. The third-order valence-corrected chi connectivity index (χ3v) is 4.56. The fourth-order valence-electron chi connectivity index (χ4n) is 3.33. The van der Waals surface area contributed by atoms with Crippen molar-refractivity contribution in [2.45, 2.75) is 31.5 Å². The first-order chi connectivity index (χ1) is 11.7. The molecule has 7 nitrogen and oxygen atoms in total. The number of rotatable bonds is 3. The van der Waals surface area contributed by atoms with Gasteiger partial charge in [0.1, 0.15) is 11.7 Å². The molecule has 2 aromatic heterocycles. The van der Waals surface area contributed by atoms with Gasteiger partial charge < -0.3 is 18.8 Å². The van der Waals surface area contributed by atoms with Gasteiger partial charge in [-0.3, -0.25) is 4.79 Å². The summed E-state index contributed by atoms with van der Waals surface area (Å²) >= 11 is 0. The van der Waals surface area contributed by atoms with Gasteiger partial charge in [-0.05, 0) is 19.1 Å². The normalized spacial score (nSPS) is 22.2. The summed E-state index contributed by atoms with van der Waals surface area (Å²) in [6.45, 7) is 3.59. The maximum atomic E-state index is 12.4. The molecule has 7 heteroatoms. The average molecular weight is 329 g/mol. The van der Waals surface area contributed by atoms with Crippen LogP contribution in [0.15, 0.2) is 35.2 Å². The van der Waals surface area contributed by atoms with Crippen LogP contribution in [0.5, 0.6) is 6.01 Å². The zero-order valence-corrected chi connectivity index (χ0v) is 13.5. The van der Waals surface area contributed by atoms with Crippen LogP contribution < -0.4 is 4.74 Å². The lowest BCUT2D eigenvalue weighted by atomic mass is 9.84. The van der Waals surface area contributed by atoms with Gasteiger partial charge in [0.25, 0.3) is 5.91 Å². The number of carbonyl (C=O) groups is 1. The summed E-state index contributed by atoms with van der Waals surface area (Å²) in [5.74, 6) is 0.326. The fourth-order valence-corrected chi connectivity index (χ4v) is 3.33.